The predicted molar refractivity (Wildman–Crippen MR) is 40.4 cm³/mol. The number of hydrazine groups is 1. The molecule has 0 saturated heterocycles. The van der Waals surface area contributed by atoms with Crippen molar-refractivity contribution in [2.24, 2.45) is 0 Å². The Labute approximate surface area is 59.3 Å². The first-order valence-corrected chi connectivity index (χ1v) is 3.29. The maximum absolute atomic E-state index is 3.10. The second-order valence-electron chi connectivity index (χ2n) is 2.20. The number of nitrogens with one attached hydrogen (secondary N) is 2. The molecule has 0 radical (unpaired) electrons. The van der Waals surface area contributed by atoms with E-state index in [4.69, 9.17) is 0 Å². The molecule has 52 valence electrons. The van der Waals surface area contributed by atoms with Gasteiger partial charge in [0.25, 0.3) is 0 Å². The van der Waals surface area contributed by atoms with Gasteiger partial charge in [0.2, 0.25) is 0 Å². The minimum Gasteiger partial charge on any atom is -0.347 e. The summed E-state index contributed by atoms with van der Waals surface area (Å²) in [6, 6.07) is 4.01. The summed E-state index contributed by atoms with van der Waals surface area (Å²) < 4.78 is 0. The first-order chi connectivity index (χ1) is 4.97. The molecule has 0 unspecified atom stereocenters. The number of hydrogen-bond acceptors (Lipinski definition) is 2. The Kier molecular flexibility index (Phi) is 1.13. The summed E-state index contributed by atoms with van der Waals surface area (Å²) in [7, 11) is 0. The molecule has 0 spiro atoms. The molecule has 1 aliphatic rings. The topological polar surface area (TPSA) is 31.1 Å². The van der Waals surface area contributed by atoms with Crippen molar-refractivity contribution >= 4 is 5.82 Å². The van der Waals surface area contributed by atoms with Gasteiger partial charge in [0, 0.05) is 12.4 Å². The first kappa shape index (κ1) is 5.41. The number of nitrogens with zero attached hydrogens (tertiary/aromatic N) is 1. The number of H-pyrrole nitrogens is 1. The lowest BCUT2D eigenvalue weighted by atomic mass is 10.5. The fourth-order valence-electron chi connectivity index (χ4n) is 1.01. The number of aromatic nitrogens is 1. The molecule has 1 aromatic heterocycles. The van der Waals surface area contributed by atoms with Gasteiger partial charge in [0.15, 0.2) is 0 Å². The van der Waals surface area contributed by atoms with Crippen LogP contribution >= 0.6 is 0 Å². The van der Waals surface area contributed by atoms with E-state index in [0.29, 0.717) is 0 Å². The van der Waals surface area contributed by atoms with Gasteiger partial charge < -0.3 is 10.4 Å². The lowest BCUT2D eigenvalue weighted by molar-refractivity contribution is 0.825. The van der Waals surface area contributed by atoms with E-state index in [1.807, 2.05) is 29.5 Å². The summed E-state index contributed by atoms with van der Waals surface area (Å²) in [6.07, 6.45) is 5.91. The third-order valence-electron chi connectivity index (χ3n) is 1.51. The van der Waals surface area contributed by atoms with Crippen LogP contribution in [0.25, 0.3) is 0 Å². The molecule has 0 amide bonds. The number of hydrogen-bond donors (Lipinski definition) is 2. The third-order valence-corrected chi connectivity index (χ3v) is 1.51. The normalized spacial score (nSPS) is 15.8. The van der Waals surface area contributed by atoms with Gasteiger partial charge in [0.1, 0.15) is 5.82 Å². The largest absolute Gasteiger partial charge is 0.347 e. The van der Waals surface area contributed by atoms with Crippen LogP contribution in [0.3, 0.4) is 0 Å². The minimum absolute atomic E-state index is 0.931. The van der Waals surface area contributed by atoms with Gasteiger partial charge in [0.05, 0.1) is 6.54 Å². The molecule has 0 atom stereocenters. The van der Waals surface area contributed by atoms with Crippen LogP contribution in [0.4, 0.5) is 5.82 Å². The van der Waals surface area contributed by atoms with Crippen molar-refractivity contribution in [1.82, 2.24) is 10.4 Å². The molecular formula is C7H9N3. The Balaban J connectivity index is 2.14. The second kappa shape index (κ2) is 2.10. The zero-order valence-corrected chi connectivity index (χ0v) is 5.54. The van der Waals surface area contributed by atoms with Gasteiger partial charge in [-0.3, -0.25) is 5.01 Å². The van der Waals surface area contributed by atoms with Crippen molar-refractivity contribution in [3.05, 3.63) is 30.6 Å². The molecule has 0 saturated carbocycles. The Hall–Kier alpha value is -1.38. The summed E-state index contributed by atoms with van der Waals surface area (Å²) >= 11 is 0. The second-order valence-corrected chi connectivity index (χ2v) is 2.20. The highest BCUT2D eigenvalue weighted by molar-refractivity contribution is 5.39. The van der Waals surface area contributed by atoms with E-state index in [1.54, 1.807) is 0 Å². The van der Waals surface area contributed by atoms with E-state index >= 15 is 0 Å². The molecule has 0 bridgehead atoms. The average molecular weight is 135 g/mol. The van der Waals surface area contributed by atoms with Gasteiger partial charge in [-0.15, -0.1) is 0 Å². The summed E-state index contributed by atoms with van der Waals surface area (Å²) in [4.78, 5) is 3.10. The van der Waals surface area contributed by atoms with E-state index in [2.05, 4.69) is 16.5 Å². The van der Waals surface area contributed by atoms with Crippen LogP contribution in [-0.4, -0.2) is 11.5 Å². The summed E-state index contributed by atoms with van der Waals surface area (Å²) in [6.45, 7) is 0.931. The summed E-state index contributed by atoms with van der Waals surface area (Å²) in [5.41, 5.74) is 3.08. The van der Waals surface area contributed by atoms with Crippen LogP contribution in [0.1, 0.15) is 0 Å². The molecule has 2 rings (SSSR count). The standard InChI is InChI=1S/C7H9N3/c1-3-7(8-4-1)10-6-2-5-9-10/h1-5,8-9H,6H2. The molecule has 3 nitrogen and oxygen atoms in total. The van der Waals surface area contributed by atoms with Gasteiger partial charge in [-0.2, -0.15) is 0 Å². The number of anilines is 1. The minimum atomic E-state index is 0.931. The fourth-order valence-corrected chi connectivity index (χ4v) is 1.01. The molecule has 1 aliphatic heterocycles. The van der Waals surface area contributed by atoms with Crippen LogP contribution < -0.4 is 10.4 Å². The van der Waals surface area contributed by atoms with Crippen LogP contribution in [0.15, 0.2) is 30.6 Å². The maximum Gasteiger partial charge on any atom is 0.124 e. The van der Waals surface area contributed by atoms with Crippen molar-refractivity contribution < 1.29 is 0 Å². The average Bonchev–Trinajstić information content (AvgIpc) is 2.59. The van der Waals surface area contributed by atoms with E-state index in [0.717, 1.165) is 12.4 Å². The highest BCUT2D eigenvalue weighted by atomic mass is 15.5. The molecule has 3 heteroatoms. The maximum atomic E-state index is 3.10. The molecule has 2 N–H and O–H groups in total. The van der Waals surface area contributed by atoms with E-state index in [-0.39, 0.29) is 0 Å². The highest BCUT2D eigenvalue weighted by Gasteiger charge is 2.05. The quantitative estimate of drug-likeness (QED) is 0.598. The van der Waals surface area contributed by atoms with Gasteiger partial charge in [-0.25, -0.2) is 0 Å². The predicted octanol–water partition coefficient (Wildman–Crippen LogP) is 0.853. The Morgan fingerprint density at radius 1 is 1.50 bits per heavy atom. The molecule has 1 aromatic rings. The van der Waals surface area contributed by atoms with Crippen molar-refractivity contribution in [2.45, 2.75) is 0 Å². The van der Waals surface area contributed by atoms with Crippen molar-refractivity contribution in [1.29, 1.82) is 0 Å². The fraction of sp³-hybridized carbons (Fsp3) is 0.143. The molecule has 0 aliphatic carbocycles. The van der Waals surface area contributed by atoms with Gasteiger partial charge in [-0.05, 0) is 18.2 Å². The highest BCUT2D eigenvalue weighted by Crippen LogP contribution is 2.09. The van der Waals surface area contributed by atoms with Crippen LogP contribution in [-0.2, 0) is 0 Å². The monoisotopic (exact) mass is 135 g/mol. The summed E-state index contributed by atoms with van der Waals surface area (Å²) in [5.74, 6) is 1.10. The Morgan fingerprint density at radius 3 is 3.10 bits per heavy atom. The van der Waals surface area contributed by atoms with Gasteiger partial charge >= 0.3 is 0 Å². The first-order valence-electron chi connectivity index (χ1n) is 3.29. The molecular weight excluding hydrogens is 126 g/mol. The van der Waals surface area contributed by atoms with Gasteiger partial charge in [-0.1, -0.05) is 0 Å². The van der Waals surface area contributed by atoms with Crippen molar-refractivity contribution in [3.8, 4) is 0 Å². The van der Waals surface area contributed by atoms with Crippen molar-refractivity contribution in [2.75, 3.05) is 11.6 Å². The van der Waals surface area contributed by atoms with Crippen LogP contribution in [0, 0.1) is 0 Å². The molecule has 10 heavy (non-hydrogen) atoms. The number of aromatic amines is 1. The molecule has 2 heterocycles. The lowest BCUT2D eigenvalue weighted by Crippen LogP contribution is -2.29. The lowest BCUT2D eigenvalue weighted by Gasteiger charge is -2.15. The van der Waals surface area contributed by atoms with Crippen LogP contribution in [0.2, 0.25) is 0 Å². The number of rotatable bonds is 1. The van der Waals surface area contributed by atoms with E-state index < -0.39 is 0 Å². The molecule has 0 aromatic carbocycles. The third kappa shape index (κ3) is 0.757. The Morgan fingerprint density at radius 2 is 2.50 bits per heavy atom. The summed E-state index contributed by atoms with van der Waals surface area (Å²) in [5, 5.41) is 2.03. The van der Waals surface area contributed by atoms with Crippen LogP contribution in [0.5, 0.6) is 0 Å². The van der Waals surface area contributed by atoms with E-state index in [1.165, 1.54) is 0 Å². The SMILES string of the molecule is C1=CNN(c2ccc[nH]2)C1. The Bertz CT molecular complexity index is 217. The zero-order chi connectivity index (χ0) is 6.81. The zero-order valence-electron chi connectivity index (χ0n) is 5.54. The van der Waals surface area contributed by atoms with Crippen molar-refractivity contribution in [3.63, 3.8) is 0 Å². The molecule has 0 fully saturated rings. The smallest absolute Gasteiger partial charge is 0.124 e. The van der Waals surface area contributed by atoms with E-state index in [9.17, 15) is 0 Å².